The summed E-state index contributed by atoms with van der Waals surface area (Å²) < 4.78 is 0. The fourth-order valence-corrected chi connectivity index (χ4v) is 1.28. The highest BCUT2D eigenvalue weighted by Crippen LogP contribution is 2.16. The van der Waals surface area contributed by atoms with Gasteiger partial charge in [0.15, 0.2) is 0 Å². The number of carbonyl (C=O) groups excluding carboxylic acids is 2. The second-order valence-electron chi connectivity index (χ2n) is 3.30. The van der Waals surface area contributed by atoms with Gasteiger partial charge in [-0.25, -0.2) is 9.59 Å². The summed E-state index contributed by atoms with van der Waals surface area (Å²) >= 11 is 0. The molecule has 0 aliphatic heterocycles. The lowest BCUT2D eigenvalue weighted by Crippen LogP contribution is -2.45. The Labute approximate surface area is 101 Å². The standard InChI is InChI=1S/C9H11N5O4/c10-8(15)12-7(13-9(11)16)5-1-3-6(4-2-5)14(17)18/h1-4,7H,(H3,10,12,15)(H3,11,13,16). The van der Waals surface area contributed by atoms with Crippen molar-refractivity contribution in [1.82, 2.24) is 10.6 Å². The van der Waals surface area contributed by atoms with Crippen LogP contribution in [0.15, 0.2) is 24.3 Å². The molecule has 0 saturated heterocycles. The van der Waals surface area contributed by atoms with Gasteiger partial charge in [-0.3, -0.25) is 10.1 Å². The number of urea groups is 2. The third-order valence-corrected chi connectivity index (χ3v) is 2.01. The number of primary amides is 2. The second-order valence-corrected chi connectivity index (χ2v) is 3.30. The van der Waals surface area contributed by atoms with E-state index in [1.54, 1.807) is 0 Å². The predicted octanol–water partition coefficient (Wildman–Crippen LogP) is -0.0700. The molecule has 1 aromatic carbocycles. The van der Waals surface area contributed by atoms with Crippen LogP contribution in [-0.2, 0) is 0 Å². The first-order valence-corrected chi connectivity index (χ1v) is 4.76. The molecule has 9 nitrogen and oxygen atoms in total. The van der Waals surface area contributed by atoms with E-state index in [1.165, 1.54) is 24.3 Å². The molecule has 1 aromatic rings. The lowest BCUT2D eigenvalue weighted by molar-refractivity contribution is -0.384. The number of non-ortho nitro benzene ring substituents is 1. The second kappa shape index (κ2) is 5.48. The highest BCUT2D eigenvalue weighted by molar-refractivity contribution is 5.75. The molecule has 0 aliphatic rings. The van der Waals surface area contributed by atoms with E-state index in [4.69, 9.17) is 11.5 Å². The van der Waals surface area contributed by atoms with E-state index in [0.717, 1.165) is 0 Å². The lowest BCUT2D eigenvalue weighted by Gasteiger charge is -2.18. The number of rotatable bonds is 4. The van der Waals surface area contributed by atoms with Crippen LogP contribution < -0.4 is 22.1 Å². The summed E-state index contributed by atoms with van der Waals surface area (Å²) in [6.45, 7) is 0. The van der Waals surface area contributed by atoms with E-state index < -0.39 is 23.2 Å². The van der Waals surface area contributed by atoms with Crippen molar-refractivity contribution in [3.05, 3.63) is 39.9 Å². The van der Waals surface area contributed by atoms with Crippen molar-refractivity contribution in [2.24, 2.45) is 11.5 Å². The minimum atomic E-state index is -0.944. The van der Waals surface area contributed by atoms with Gasteiger partial charge in [-0.2, -0.15) is 0 Å². The third kappa shape index (κ3) is 3.63. The summed E-state index contributed by atoms with van der Waals surface area (Å²) in [5, 5.41) is 14.9. The van der Waals surface area contributed by atoms with Gasteiger partial charge >= 0.3 is 12.1 Å². The number of carbonyl (C=O) groups is 2. The Hall–Kier alpha value is -2.84. The Morgan fingerprint density at radius 2 is 1.56 bits per heavy atom. The molecule has 0 saturated carbocycles. The number of nitrogens with zero attached hydrogens (tertiary/aromatic N) is 1. The number of amides is 4. The average molecular weight is 253 g/mol. The molecule has 4 amide bonds. The van der Waals surface area contributed by atoms with Gasteiger partial charge in [-0.05, 0) is 17.7 Å². The highest BCUT2D eigenvalue weighted by Gasteiger charge is 2.15. The molecule has 9 heteroatoms. The normalized spacial score (nSPS) is 9.83. The molecule has 0 spiro atoms. The van der Waals surface area contributed by atoms with Crippen molar-refractivity contribution in [3.8, 4) is 0 Å². The van der Waals surface area contributed by atoms with E-state index in [2.05, 4.69) is 10.6 Å². The fraction of sp³-hybridized carbons (Fsp3) is 0.111. The fourth-order valence-electron chi connectivity index (χ4n) is 1.28. The summed E-state index contributed by atoms with van der Waals surface area (Å²) in [7, 11) is 0. The Kier molecular flexibility index (Phi) is 4.02. The number of hydrogen-bond acceptors (Lipinski definition) is 4. The molecule has 0 aromatic heterocycles. The number of nitrogens with one attached hydrogen (secondary N) is 2. The molecule has 0 bridgehead atoms. The zero-order valence-corrected chi connectivity index (χ0v) is 9.12. The minimum absolute atomic E-state index is 0.115. The molecule has 0 radical (unpaired) electrons. The van der Waals surface area contributed by atoms with Crippen molar-refractivity contribution < 1.29 is 14.5 Å². The Balaban J connectivity index is 2.93. The first-order chi connectivity index (χ1) is 8.40. The maximum Gasteiger partial charge on any atom is 0.314 e. The summed E-state index contributed by atoms with van der Waals surface area (Å²) in [4.78, 5) is 31.4. The van der Waals surface area contributed by atoms with Gasteiger partial charge in [0.2, 0.25) is 0 Å². The SMILES string of the molecule is NC(=O)NC(NC(N)=O)c1ccc([N+](=O)[O-])cc1. The van der Waals surface area contributed by atoms with Crippen molar-refractivity contribution in [2.75, 3.05) is 0 Å². The maximum atomic E-state index is 10.8. The summed E-state index contributed by atoms with van der Waals surface area (Å²) in [5.41, 5.74) is 10.2. The van der Waals surface area contributed by atoms with Crippen LogP contribution in [0.2, 0.25) is 0 Å². The van der Waals surface area contributed by atoms with Crippen LogP contribution in [0.25, 0.3) is 0 Å². The van der Waals surface area contributed by atoms with E-state index >= 15 is 0 Å². The van der Waals surface area contributed by atoms with E-state index in [1.807, 2.05) is 0 Å². The predicted molar refractivity (Wildman–Crippen MR) is 61.3 cm³/mol. The van der Waals surface area contributed by atoms with Gasteiger partial charge in [0, 0.05) is 12.1 Å². The van der Waals surface area contributed by atoms with Gasteiger partial charge in [0.25, 0.3) is 5.69 Å². The Morgan fingerprint density at radius 3 is 1.89 bits per heavy atom. The van der Waals surface area contributed by atoms with Gasteiger partial charge in [-0.15, -0.1) is 0 Å². The molecule has 0 heterocycles. The smallest absolute Gasteiger partial charge is 0.314 e. The monoisotopic (exact) mass is 253 g/mol. The molecule has 6 N–H and O–H groups in total. The highest BCUT2D eigenvalue weighted by atomic mass is 16.6. The number of hydrogen-bond donors (Lipinski definition) is 4. The van der Waals surface area contributed by atoms with Crippen molar-refractivity contribution in [3.63, 3.8) is 0 Å². The van der Waals surface area contributed by atoms with Crippen LogP contribution in [-0.4, -0.2) is 17.0 Å². The van der Waals surface area contributed by atoms with Crippen LogP contribution in [0.1, 0.15) is 11.7 Å². The maximum absolute atomic E-state index is 10.8. The van der Waals surface area contributed by atoms with Crippen molar-refractivity contribution in [2.45, 2.75) is 6.17 Å². The van der Waals surface area contributed by atoms with E-state index in [9.17, 15) is 19.7 Å². The van der Waals surface area contributed by atoms with Crippen LogP contribution >= 0.6 is 0 Å². The third-order valence-electron chi connectivity index (χ3n) is 2.01. The van der Waals surface area contributed by atoms with E-state index in [-0.39, 0.29) is 5.69 Å². The summed E-state index contributed by atoms with van der Waals surface area (Å²) in [6, 6.07) is 3.46. The molecular formula is C9H11N5O4. The van der Waals surface area contributed by atoms with Crippen molar-refractivity contribution in [1.29, 1.82) is 0 Å². The number of benzene rings is 1. The van der Waals surface area contributed by atoms with Crippen LogP contribution in [0, 0.1) is 10.1 Å². The van der Waals surface area contributed by atoms with Gasteiger partial charge in [0.1, 0.15) is 6.17 Å². The van der Waals surface area contributed by atoms with E-state index in [0.29, 0.717) is 5.56 Å². The number of nitro benzene ring substituents is 1. The minimum Gasteiger partial charge on any atom is -0.352 e. The average Bonchev–Trinajstić information content (AvgIpc) is 2.27. The van der Waals surface area contributed by atoms with Gasteiger partial charge < -0.3 is 22.1 Å². The molecule has 0 fully saturated rings. The first kappa shape index (κ1) is 13.2. The molecule has 0 unspecified atom stereocenters. The molecule has 18 heavy (non-hydrogen) atoms. The molecule has 96 valence electrons. The molecule has 0 atom stereocenters. The van der Waals surface area contributed by atoms with Crippen LogP contribution in [0.3, 0.4) is 0 Å². The summed E-state index contributed by atoms with van der Waals surface area (Å²) in [5.74, 6) is 0. The zero-order chi connectivity index (χ0) is 13.7. The first-order valence-electron chi connectivity index (χ1n) is 4.76. The number of nitro groups is 1. The Morgan fingerprint density at radius 1 is 1.11 bits per heavy atom. The van der Waals surface area contributed by atoms with Gasteiger partial charge in [0.05, 0.1) is 4.92 Å². The van der Waals surface area contributed by atoms with Crippen molar-refractivity contribution >= 4 is 17.7 Å². The topological polar surface area (TPSA) is 153 Å². The Bertz CT molecular complexity index is 456. The molecule has 0 aliphatic carbocycles. The quantitative estimate of drug-likeness (QED) is 0.337. The zero-order valence-electron chi connectivity index (χ0n) is 9.12. The lowest BCUT2D eigenvalue weighted by atomic mass is 10.1. The largest absolute Gasteiger partial charge is 0.352 e. The molecular weight excluding hydrogens is 242 g/mol. The molecule has 1 rings (SSSR count). The van der Waals surface area contributed by atoms with Crippen LogP contribution in [0.4, 0.5) is 15.3 Å². The number of nitrogens with two attached hydrogens (primary N) is 2. The van der Waals surface area contributed by atoms with Crippen LogP contribution in [0.5, 0.6) is 0 Å². The summed E-state index contributed by atoms with van der Waals surface area (Å²) in [6.07, 6.45) is -0.944. The van der Waals surface area contributed by atoms with Gasteiger partial charge in [-0.1, -0.05) is 0 Å².